The van der Waals surface area contributed by atoms with Gasteiger partial charge in [-0.25, -0.2) is 8.78 Å². The molecule has 0 bridgehead atoms. The molecule has 0 atom stereocenters. The van der Waals surface area contributed by atoms with Crippen LogP contribution in [0.15, 0.2) is 12.1 Å². The molecule has 1 heterocycles. The Bertz CT molecular complexity index is 442. The predicted molar refractivity (Wildman–Crippen MR) is 59.4 cm³/mol. The number of nitrogens with zero attached hydrogens (tertiary/aromatic N) is 1. The van der Waals surface area contributed by atoms with Gasteiger partial charge in [-0.1, -0.05) is 0 Å². The summed E-state index contributed by atoms with van der Waals surface area (Å²) in [4.78, 5) is 13.3. The van der Waals surface area contributed by atoms with Crippen LogP contribution in [0.25, 0.3) is 0 Å². The largest absolute Gasteiger partial charge is 0.378 e. The Labute approximate surface area is 98.0 Å². The highest BCUT2D eigenvalue weighted by Gasteiger charge is 2.19. The Morgan fingerprint density at radius 3 is 2.41 bits per heavy atom. The third-order valence-corrected chi connectivity index (χ3v) is 2.77. The minimum absolute atomic E-state index is 0.214. The Balaban J connectivity index is 2.42. The molecule has 17 heavy (non-hydrogen) atoms. The first-order valence-corrected chi connectivity index (χ1v) is 5.42. The van der Waals surface area contributed by atoms with Gasteiger partial charge in [0.2, 0.25) is 0 Å². The number of benzene rings is 1. The van der Waals surface area contributed by atoms with Gasteiger partial charge in [0, 0.05) is 24.7 Å². The summed E-state index contributed by atoms with van der Waals surface area (Å²) in [5.41, 5.74) is 0.658. The maximum atomic E-state index is 13.2. The van der Waals surface area contributed by atoms with E-state index in [-0.39, 0.29) is 11.3 Å². The van der Waals surface area contributed by atoms with E-state index in [0.29, 0.717) is 32.0 Å². The third-order valence-electron chi connectivity index (χ3n) is 2.77. The van der Waals surface area contributed by atoms with Crippen molar-refractivity contribution in [3.63, 3.8) is 0 Å². The first kappa shape index (κ1) is 12.0. The van der Waals surface area contributed by atoms with Crippen molar-refractivity contribution in [3.05, 3.63) is 29.3 Å². The Kier molecular flexibility index (Phi) is 3.38. The van der Waals surface area contributed by atoms with Gasteiger partial charge >= 0.3 is 0 Å². The molecule has 0 spiro atoms. The summed E-state index contributed by atoms with van der Waals surface area (Å²) in [5.74, 6) is -2.20. The van der Waals surface area contributed by atoms with E-state index in [2.05, 4.69) is 0 Å². The van der Waals surface area contributed by atoms with Crippen molar-refractivity contribution in [1.29, 1.82) is 0 Å². The molecule has 2 rings (SSSR count). The van der Waals surface area contributed by atoms with Gasteiger partial charge in [0.1, 0.15) is 0 Å². The normalized spacial score (nSPS) is 16.1. The topological polar surface area (TPSA) is 29.5 Å². The molecule has 0 aliphatic carbocycles. The molecular formula is C12H13F2NO2. The molecule has 0 amide bonds. The highest BCUT2D eigenvalue weighted by Crippen LogP contribution is 2.25. The van der Waals surface area contributed by atoms with Crippen molar-refractivity contribution in [3.8, 4) is 0 Å². The van der Waals surface area contributed by atoms with Crippen LogP contribution in [0.1, 0.15) is 17.3 Å². The molecule has 0 aromatic heterocycles. The summed E-state index contributed by atoms with van der Waals surface area (Å²) < 4.78 is 31.5. The minimum Gasteiger partial charge on any atom is -0.378 e. The Morgan fingerprint density at radius 2 is 1.82 bits per heavy atom. The predicted octanol–water partition coefficient (Wildman–Crippen LogP) is 2.00. The van der Waals surface area contributed by atoms with Crippen molar-refractivity contribution < 1.29 is 18.3 Å². The molecule has 0 radical (unpaired) electrons. The monoisotopic (exact) mass is 241 g/mol. The molecule has 1 saturated heterocycles. The van der Waals surface area contributed by atoms with E-state index in [9.17, 15) is 13.6 Å². The van der Waals surface area contributed by atoms with Crippen molar-refractivity contribution in [2.45, 2.75) is 6.92 Å². The van der Waals surface area contributed by atoms with E-state index in [0.717, 1.165) is 12.1 Å². The molecular weight excluding hydrogens is 228 g/mol. The zero-order valence-electron chi connectivity index (χ0n) is 9.50. The van der Waals surface area contributed by atoms with E-state index >= 15 is 0 Å². The third kappa shape index (κ3) is 2.44. The summed E-state index contributed by atoms with van der Waals surface area (Å²) in [5, 5.41) is 0. The van der Waals surface area contributed by atoms with Gasteiger partial charge in [-0.05, 0) is 13.0 Å². The lowest BCUT2D eigenvalue weighted by atomic mass is 10.1. The summed E-state index contributed by atoms with van der Waals surface area (Å²) in [6.07, 6.45) is 0. The Hall–Kier alpha value is -1.49. The van der Waals surface area contributed by atoms with Crippen LogP contribution in [-0.4, -0.2) is 32.1 Å². The first-order valence-electron chi connectivity index (χ1n) is 5.42. The number of hydrogen-bond donors (Lipinski definition) is 0. The number of ketones is 1. The molecule has 3 nitrogen and oxygen atoms in total. The van der Waals surface area contributed by atoms with Gasteiger partial charge in [0.15, 0.2) is 17.4 Å². The molecule has 0 N–H and O–H groups in total. The number of halogens is 2. The standard InChI is InChI=1S/C12H13F2NO2/c1-8(16)9-6-10(13)11(14)7-12(9)15-2-4-17-5-3-15/h6-7H,2-5H2,1H3. The SMILES string of the molecule is CC(=O)c1cc(F)c(F)cc1N1CCOCC1. The molecule has 1 fully saturated rings. The van der Waals surface area contributed by atoms with Crippen LogP contribution < -0.4 is 4.90 Å². The molecule has 92 valence electrons. The second-order valence-corrected chi connectivity index (χ2v) is 3.94. The number of morpholine rings is 1. The van der Waals surface area contributed by atoms with Gasteiger partial charge in [-0.15, -0.1) is 0 Å². The summed E-state index contributed by atoms with van der Waals surface area (Å²) >= 11 is 0. The van der Waals surface area contributed by atoms with Crippen LogP contribution >= 0.6 is 0 Å². The van der Waals surface area contributed by atoms with Crippen LogP contribution in [0.2, 0.25) is 0 Å². The van der Waals surface area contributed by atoms with E-state index in [1.54, 1.807) is 0 Å². The summed E-state index contributed by atoms with van der Waals surface area (Å²) in [6, 6.07) is 2.04. The van der Waals surface area contributed by atoms with Crippen molar-refractivity contribution in [2.75, 3.05) is 31.2 Å². The van der Waals surface area contributed by atoms with Crippen LogP contribution in [0, 0.1) is 11.6 Å². The lowest BCUT2D eigenvalue weighted by Crippen LogP contribution is -2.37. The molecule has 5 heteroatoms. The molecule has 0 unspecified atom stereocenters. The molecule has 1 aliphatic rings. The quantitative estimate of drug-likeness (QED) is 0.742. The summed E-state index contributed by atoms with van der Waals surface area (Å²) in [6.45, 7) is 3.54. The lowest BCUT2D eigenvalue weighted by molar-refractivity contribution is 0.101. The van der Waals surface area contributed by atoms with Gasteiger partial charge in [0.05, 0.1) is 18.9 Å². The number of Topliss-reactive ketones (excluding diaryl/α,β-unsaturated/α-hetero) is 1. The molecule has 1 aromatic rings. The van der Waals surface area contributed by atoms with Gasteiger partial charge in [-0.3, -0.25) is 4.79 Å². The second-order valence-electron chi connectivity index (χ2n) is 3.94. The van der Waals surface area contributed by atoms with E-state index in [4.69, 9.17) is 4.74 Å². The number of rotatable bonds is 2. The van der Waals surface area contributed by atoms with Crippen molar-refractivity contribution in [1.82, 2.24) is 0 Å². The fourth-order valence-corrected chi connectivity index (χ4v) is 1.88. The maximum Gasteiger partial charge on any atom is 0.161 e. The number of carbonyl (C=O) groups excluding carboxylic acids is 1. The first-order chi connectivity index (χ1) is 8.09. The Morgan fingerprint density at radius 1 is 1.24 bits per heavy atom. The second kappa shape index (κ2) is 4.79. The van der Waals surface area contributed by atoms with Gasteiger partial charge < -0.3 is 9.64 Å². The molecule has 1 aliphatic heterocycles. The number of anilines is 1. The van der Waals surface area contributed by atoms with Crippen LogP contribution in [-0.2, 0) is 4.74 Å². The molecule has 0 saturated carbocycles. The average molecular weight is 241 g/mol. The van der Waals surface area contributed by atoms with Crippen LogP contribution in [0.4, 0.5) is 14.5 Å². The zero-order valence-corrected chi connectivity index (χ0v) is 9.50. The molecule has 1 aromatic carbocycles. The van der Waals surface area contributed by atoms with E-state index < -0.39 is 11.6 Å². The van der Waals surface area contributed by atoms with Crippen molar-refractivity contribution >= 4 is 11.5 Å². The highest BCUT2D eigenvalue weighted by molar-refractivity contribution is 5.99. The minimum atomic E-state index is -0.993. The fraction of sp³-hybridized carbons (Fsp3) is 0.417. The highest BCUT2D eigenvalue weighted by atomic mass is 19.2. The van der Waals surface area contributed by atoms with Gasteiger partial charge in [0.25, 0.3) is 0 Å². The smallest absolute Gasteiger partial charge is 0.161 e. The van der Waals surface area contributed by atoms with E-state index in [1.165, 1.54) is 6.92 Å². The van der Waals surface area contributed by atoms with Crippen LogP contribution in [0.3, 0.4) is 0 Å². The number of carbonyl (C=O) groups is 1. The van der Waals surface area contributed by atoms with Crippen molar-refractivity contribution in [2.24, 2.45) is 0 Å². The maximum absolute atomic E-state index is 13.2. The van der Waals surface area contributed by atoms with E-state index in [1.807, 2.05) is 4.90 Å². The fourth-order valence-electron chi connectivity index (χ4n) is 1.88. The average Bonchev–Trinajstić information content (AvgIpc) is 2.33. The summed E-state index contributed by atoms with van der Waals surface area (Å²) in [7, 11) is 0. The van der Waals surface area contributed by atoms with Crippen LogP contribution in [0.5, 0.6) is 0 Å². The lowest BCUT2D eigenvalue weighted by Gasteiger charge is -2.30. The number of ether oxygens (including phenoxy) is 1. The zero-order chi connectivity index (χ0) is 12.4. The van der Waals surface area contributed by atoms with Gasteiger partial charge in [-0.2, -0.15) is 0 Å². The number of hydrogen-bond acceptors (Lipinski definition) is 3.